The lowest BCUT2D eigenvalue weighted by Gasteiger charge is -2.17. The number of carbonyl (C=O) groups excluding carboxylic acids is 1. The molecule has 21 heavy (non-hydrogen) atoms. The van der Waals surface area contributed by atoms with Crippen LogP contribution in [0.2, 0.25) is 0 Å². The molecular weight excluding hydrogens is 282 g/mol. The summed E-state index contributed by atoms with van der Waals surface area (Å²) in [7, 11) is 0. The van der Waals surface area contributed by atoms with E-state index in [1.807, 2.05) is 62.4 Å². The Morgan fingerprint density at radius 1 is 1.19 bits per heavy atom. The number of esters is 1. The van der Waals surface area contributed by atoms with E-state index in [-0.39, 0.29) is 11.2 Å². The van der Waals surface area contributed by atoms with Crippen molar-refractivity contribution in [1.29, 1.82) is 0 Å². The Balaban J connectivity index is 2.32. The van der Waals surface area contributed by atoms with Crippen LogP contribution in [0.3, 0.4) is 0 Å². The van der Waals surface area contributed by atoms with Gasteiger partial charge in [0.15, 0.2) is 0 Å². The predicted octanol–water partition coefficient (Wildman–Crippen LogP) is 3.97. The van der Waals surface area contributed by atoms with Crippen LogP contribution in [-0.2, 0) is 9.53 Å². The maximum absolute atomic E-state index is 12.3. The molecule has 110 valence electrons. The van der Waals surface area contributed by atoms with Gasteiger partial charge in [0.1, 0.15) is 5.25 Å². The Morgan fingerprint density at radius 2 is 1.90 bits per heavy atom. The molecule has 2 aromatic carbocycles. The smallest absolute Gasteiger partial charge is 0.323 e. The Kier molecular flexibility index (Phi) is 5.28. The van der Waals surface area contributed by atoms with Gasteiger partial charge in [0.2, 0.25) is 0 Å². The number of hydrogen-bond acceptors (Lipinski definition) is 4. The molecule has 2 N–H and O–H groups in total. The van der Waals surface area contributed by atoms with Crippen LogP contribution in [0.1, 0.15) is 23.3 Å². The standard InChI is InChI=1S/C17H19NO2S/c1-3-20-17(19)16(13-8-5-4-6-9-13)21-15-11-7-10-14(18)12(15)2/h4-11,16H,3,18H2,1-2H3. The number of hydrogen-bond donors (Lipinski definition) is 1. The van der Waals surface area contributed by atoms with E-state index in [0.717, 1.165) is 21.7 Å². The molecule has 2 aromatic rings. The molecule has 0 amide bonds. The minimum absolute atomic E-state index is 0.226. The van der Waals surface area contributed by atoms with Gasteiger partial charge in [-0.2, -0.15) is 0 Å². The van der Waals surface area contributed by atoms with Crippen LogP contribution in [0.4, 0.5) is 5.69 Å². The monoisotopic (exact) mass is 301 g/mol. The molecule has 2 rings (SSSR count). The van der Waals surface area contributed by atoms with Crippen molar-refractivity contribution >= 4 is 23.4 Å². The molecule has 4 heteroatoms. The first kappa shape index (κ1) is 15.4. The maximum Gasteiger partial charge on any atom is 0.323 e. The lowest BCUT2D eigenvalue weighted by molar-refractivity contribution is -0.142. The van der Waals surface area contributed by atoms with E-state index in [2.05, 4.69) is 0 Å². The molecule has 0 spiro atoms. The van der Waals surface area contributed by atoms with E-state index in [9.17, 15) is 4.79 Å². The lowest BCUT2D eigenvalue weighted by Crippen LogP contribution is -2.13. The summed E-state index contributed by atoms with van der Waals surface area (Å²) in [4.78, 5) is 13.3. The Hall–Kier alpha value is -1.94. The molecule has 3 nitrogen and oxygen atoms in total. The van der Waals surface area contributed by atoms with E-state index in [1.165, 1.54) is 11.8 Å². The number of anilines is 1. The molecule has 0 aliphatic carbocycles. The van der Waals surface area contributed by atoms with Crippen LogP contribution >= 0.6 is 11.8 Å². The van der Waals surface area contributed by atoms with Crippen LogP contribution in [0.15, 0.2) is 53.4 Å². The van der Waals surface area contributed by atoms with Crippen molar-refractivity contribution in [2.24, 2.45) is 0 Å². The summed E-state index contributed by atoms with van der Waals surface area (Å²) < 4.78 is 5.21. The van der Waals surface area contributed by atoms with Gasteiger partial charge < -0.3 is 10.5 Å². The number of thioether (sulfide) groups is 1. The first-order valence-corrected chi connectivity index (χ1v) is 7.74. The highest BCUT2D eigenvalue weighted by atomic mass is 32.2. The highest BCUT2D eigenvalue weighted by Crippen LogP contribution is 2.38. The summed E-state index contributed by atoms with van der Waals surface area (Å²) in [6, 6.07) is 15.4. The molecule has 0 heterocycles. The topological polar surface area (TPSA) is 52.3 Å². The summed E-state index contributed by atoms with van der Waals surface area (Å²) in [5, 5.41) is -0.383. The van der Waals surface area contributed by atoms with Crippen molar-refractivity contribution in [1.82, 2.24) is 0 Å². The molecule has 0 saturated heterocycles. The third-order valence-corrected chi connectivity index (χ3v) is 4.57. The molecule has 0 fully saturated rings. The van der Waals surface area contributed by atoms with E-state index in [0.29, 0.717) is 6.61 Å². The number of benzene rings is 2. The van der Waals surface area contributed by atoms with Crippen molar-refractivity contribution in [2.45, 2.75) is 24.0 Å². The molecule has 1 unspecified atom stereocenters. The molecule has 0 aliphatic rings. The van der Waals surface area contributed by atoms with Gasteiger partial charge in [-0.3, -0.25) is 4.79 Å². The highest BCUT2D eigenvalue weighted by molar-refractivity contribution is 8.00. The van der Waals surface area contributed by atoms with E-state index in [1.54, 1.807) is 0 Å². The largest absolute Gasteiger partial charge is 0.465 e. The number of carbonyl (C=O) groups is 1. The molecule has 0 bridgehead atoms. The molecular formula is C17H19NO2S. The van der Waals surface area contributed by atoms with Crippen LogP contribution in [0.25, 0.3) is 0 Å². The van der Waals surface area contributed by atoms with E-state index >= 15 is 0 Å². The van der Waals surface area contributed by atoms with Gasteiger partial charge >= 0.3 is 5.97 Å². The quantitative estimate of drug-likeness (QED) is 0.516. The summed E-state index contributed by atoms with van der Waals surface area (Å²) in [5.74, 6) is -0.226. The third-order valence-electron chi connectivity index (χ3n) is 3.17. The van der Waals surface area contributed by atoms with Gasteiger partial charge in [0.25, 0.3) is 0 Å². The predicted molar refractivity (Wildman–Crippen MR) is 87.3 cm³/mol. The van der Waals surface area contributed by atoms with Gasteiger partial charge in [-0.25, -0.2) is 0 Å². The molecule has 0 aliphatic heterocycles. The summed E-state index contributed by atoms with van der Waals surface area (Å²) in [5.41, 5.74) is 8.60. The Bertz CT molecular complexity index is 613. The van der Waals surface area contributed by atoms with Crippen molar-refractivity contribution in [3.63, 3.8) is 0 Å². The van der Waals surface area contributed by atoms with Crippen LogP contribution in [-0.4, -0.2) is 12.6 Å². The Morgan fingerprint density at radius 3 is 2.57 bits per heavy atom. The first-order chi connectivity index (χ1) is 10.1. The van der Waals surface area contributed by atoms with Gasteiger partial charge in [0.05, 0.1) is 6.61 Å². The minimum Gasteiger partial charge on any atom is -0.465 e. The van der Waals surface area contributed by atoms with Crippen LogP contribution in [0.5, 0.6) is 0 Å². The zero-order chi connectivity index (χ0) is 15.2. The van der Waals surface area contributed by atoms with E-state index in [4.69, 9.17) is 10.5 Å². The summed E-state index contributed by atoms with van der Waals surface area (Å²) in [6.45, 7) is 4.15. The number of ether oxygens (including phenoxy) is 1. The molecule has 0 radical (unpaired) electrons. The first-order valence-electron chi connectivity index (χ1n) is 6.86. The summed E-state index contributed by atoms with van der Waals surface area (Å²) in [6.07, 6.45) is 0. The normalized spacial score (nSPS) is 11.9. The van der Waals surface area contributed by atoms with Crippen LogP contribution < -0.4 is 5.73 Å². The average Bonchev–Trinajstić information content (AvgIpc) is 2.50. The third kappa shape index (κ3) is 3.79. The summed E-state index contributed by atoms with van der Waals surface area (Å²) >= 11 is 1.48. The fourth-order valence-corrected chi connectivity index (χ4v) is 3.15. The Labute approximate surface area is 129 Å². The van der Waals surface area contributed by atoms with Gasteiger partial charge in [-0.05, 0) is 37.1 Å². The van der Waals surface area contributed by atoms with Crippen molar-refractivity contribution in [2.75, 3.05) is 12.3 Å². The highest BCUT2D eigenvalue weighted by Gasteiger charge is 2.24. The van der Waals surface area contributed by atoms with Crippen molar-refractivity contribution < 1.29 is 9.53 Å². The second-order valence-electron chi connectivity index (χ2n) is 4.63. The van der Waals surface area contributed by atoms with Gasteiger partial charge in [0, 0.05) is 10.6 Å². The number of nitrogen functional groups attached to an aromatic ring is 1. The van der Waals surface area contributed by atoms with Crippen molar-refractivity contribution in [3.8, 4) is 0 Å². The number of nitrogens with two attached hydrogens (primary N) is 1. The zero-order valence-corrected chi connectivity index (χ0v) is 13.0. The molecule has 0 saturated carbocycles. The molecule has 1 atom stereocenters. The zero-order valence-electron chi connectivity index (χ0n) is 12.2. The molecule has 0 aromatic heterocycles. The van der Waals surface area contributed by atoms with Gasteiger partial charge in [-0.15, -0.1) is 11.8 Å². The van der Waals surface area contributed by atoms with Crippen LogP contribution in [0, 0.1) is 6.92 Å². The second-order valence-corrected chi connectivity index (χ2v) is 5.78. The van der Waals surface area contributed by atoms with Crippen molar-refractivity contribution in [3.05, 3.63) is 59.7 Å². The van der Waals surface area contributed by atoms with Gasteiger partial charge in [-0.1, -0.05) is 36.4 Å². The number of rotatable bonds is 5. The fraction of sp³-hybridized carbons (Fsp3) is 0.235. The lowest BCUT2D eigenvalue weighted by atomic mass is 10.1. The van der Waals surface area contributed by atoms with E-state index < -0.39 is 0 Å². The SMILES string of the molecule is CCOC(=O)C(Sc1cccc(N)c1C)c1ccccc1. The maximum atomic E-state index is 12.3. The average molecular weight is 301 g/mol. The minimum atomic E-state index is -0.383. The second kappa shape index (κ2) is 7.18. The fourth-order valence-electron chi connectivity index (χ4n) is 1.98.